The van der Waals surface area contributed by atoms with E-state index in [4.69, 9.17) is 9.15 Å². The zero-order valence-electron chi connectivity index (χ0n) is 16.9. The van der Waals surface area contributed by atoms with Gasteiger partial charge in [0.15, 0.2) is 0 Å². The highest BCUT2D eigenvalue weighted by Gasteiger charge is 2.17. The first-order valence-corrected chi connectivity index (χ1v) is 9.27. The molecule has 2 rings (SSSR count). The highest BCUT2D eigenvalue weighted by Crippen LogP contribution is 2.17. The predicted octanol–water partition coefficient (Wildman–Crippen LogP) is 3.04. The molecule has 0 bridgehead atoms. The SMILES string of the molecule is COC(=O)c1cc(CN(C)C(=O)CCCNC(=O)OCc2ccccc2)oc1C. The Kier molecular flexibility index (Phi) is 8.27. The first-order chi connectivity index (χ1) is 13.9. The van der Waals surface area contributed by atoms with Gasteiger partial charge in [0.1, 0.15) is 23.7 Å². The van der Waals surface area contributed by atoms with Gasteiger partial charge in [-0.05, 0) is 25.0 Å². The molecule has 1 heterocycles. The van der Waals surface area contributed by atoms with Crippen molar-refractivity contribution < 1.29 is 28.3 Å². The summed E-state index contributed by atoms with van der Waals surface area (Å²) in [4.78, 5) is 37.0. The maximum Gasteiger partial charge on any atom is 0.407 e. The molecule has 0 saturated heterocycles. The van der Waals surface area contributed by atoms with E-state index in [1.165, 1.54) is 12.0 Å². The monoisotopic (exact) mass is 402 g/mol. The van der Waals surface area contributed by atoms with Crippen molar-refractivity contribution in [1.29, 1.82) is 0 Å². The molecule has 0 unspecified atom stereocenters. The van der Waals surface area contributed by atoms with E-state index < -0.39 is 12.1 Å². The van der Waals surface area contributed by atoms with Crippen molar-refractivity contribution in [3.63, 3.8) is 0 Å². The van der Waals surface area contributed by atoms with Gasteiger partial charge >= 0.3 is 12.1 Å². The van der Waals surface area contributed by atoms with Crippen LogP contribution >= 0.6 is 0 Å². The molecule has 0 spiro atoms. The molecule has 156 valence electrons. The number of rotatable bonds is 9. The summed E-state index contributed by atoms with van der Waals surface area (Å²) in [7, 11) is 2.95. The van der Waals surface area contributed by atoms with Crippen molar-refractivity contribution >= 4 is 18.0 Å². The number of furan rings is 1. The van der Waals surface area contributed by atoms with Crippen LogP contribution in [0.25, 0.3) is 0 Å². The number of hydrogen-bond donors (Lipinski definition) is 1. The summed E-state index contributed by atoms with van der Waals surface area (Å²) in [5.74, 6) is 0.377. The summed E-state index contributed by atoms with van der Waals surface area (Å²) in [5.41, 5.74) is 1.25. The third-order valence-electron chi connectivity index (χ3n) is 4.24. The number of methoxy groups -OCH3 is 1. The van der Waals surface area contributed by atoms with Crippen LogP contribution in [0.2, 0.25) is 0 Å². The minimum absolute atomic E-state index is 0.0990. The molecule has 1 aromatic carbocycles. The van der Waals surface area contributed by atoms with Crippen molar-refractivity contribution in [2.45, 2.75) is 32.9 Å². The van der Waals surface area contributed by atoms with Gasteiger partial charge < -0.3 is 24.1 Å². The number of nitrogens with one attached hydrogen (secondary N) is 1. The molecule has 1 N–H and O–H groups in total. The van der Waals surface area contributed by atoms with Crippen LogP contribution in [0, 0.1) is 6.92 Å². The Bertz CT molecular complexity index is 831. The lowest BCUT2D eigenvalue weighted by Crippen LogP contribution is -2.29. The van der Waals surface area contributed by atoms with E-state index >= 15 is 0 Å². The van der Waals surface area contributed by atoms with Crippen LogP contribution in [-0.4, -0.2) is 43.6 Å². The van der Waals surface area contributed by atoms with Gasteiger partial charge in [-0.2, -0.15) is 0 Å². The highest BCUT2D eigenvalue weighted by atomic mass is 16.5. The Morgan fingerprint density at radius 2 is 1.90 bits per heavy atom. The van der Waals surface area contributed by atoms with E-state index in [2.05, 4.69) is 10.1 Å². The second kappa shape index (κ2) is 10.9. The van der Waals surface area contributed by atoms with Crippen molar-refractivity contribution in [3.05, 3.63) is 59.0 Å². The number of alkyl carbamates (subject to hydrolysis) is 1. The van der Waals surface area contributed by atoms with Crippen LogP contribution in [0.15, 0.2) is 40.8 Å². The summed E-state index contributed by atoms with van der Waals surface area (Å²) in [6, 6.07) is 11.0. The molecule has 8 nitrogen and oxygen atoms in total. The molecule has 2 aromatic rings. The topological polar surface area (TPSA) is 98.1 Å². The fourth-order valence-corrected chi connectivity index (χ4v) is 2.65. The van der Waals surface area contributed by atoms with Gasteiger partial charge in [-0.1, -0.05) is 30.3 Å². The van der Waals surface area contributed by atoms with Crippen molar-refractivity contribution in [2.75, 3.05) is 20.7 Å². The lowest BCUT2D eigenvalue weighted by molar-refractivity contribution is -0.130. The Balaban J connectivity index is 1.67. The molecule has 2 amide bonds. The van der Waals surface area contributed by atoms with Gasteiger partial charge in [0, 0.05) is 20.0 Å². The molecule has 0 aliphatic rings. The summed E-state index contributed by atoms with van der Waals surface area (Å²) in [5, 5.41) is 2.62. The second-order valence-electron chi connectivity index (χ2n) is 6.52. The largest absolute Gasteiger partial charge is 0.465 e. The van der Waals surface area contributed by atoms with Crippen LogP contribution in [0.3, 0.4) is 0 Å². The molecule has 0 aliphatic carbocycles. The van der Waals surface area contributed by atoms with E-state index in [-0.39, 0.29) is 25.5 Å². The Morgan fingerprint density at radius 1 is 1.17 bits per heavy atom. The van der Waals surface area contributed by atoms with Crippen molar-refractivity contribution in [3.8, 4) is 0 Å². The average Bonchev–Trinajstić information content (AvgIpc) is 3.09. The molecule has 0 fully saturated rings. The van der Waals surface area contributed by atoms with Crippen molar-refractivity contribution in [2.24, 2.45) is 0 Å². The number of esters is 1. The number of aryl methyl sites for hydroxylation is 1. The average molecular weight is 402 g/mol. The normalized spacial score (nSPS) is 10.3. The minimum atomic E-state index is -0.518. The summed E-state index contributed by atoms with van der Waals surface area (Å²) in [6.07, 6.45) is 0.226. The molecule has 29 heavy (non-hydrogen) atoms. The van der Waals surface area contributed by atoms with Gasteiger partial charge in [0.25, 0.3) is 0 Å². The first kappa shape index (κ1) is 22.0. The zero-order valence-corrected chi connectivity index (χ0v) is 16.9. The van der Waals surface area contributed by atoms with Crippen LogP contribution in [0.5, 0.6) is 0 Å². The molecule has 0 aliphatic heterocycles. The zero-order chi connectivity index (χ0) is 21.2. The molecule has 0 atom stereocenters. The smallest absolute Gasteiger partial charge is 0.407 e. The Hall–Kier alpha value is -3.29. The van der Waals surface area contributed by atoms with Gasteiger partial charge in [-0.15, -0.1) is 0 Å². The summed E-state index contributed by atoms with van der Waals surface area (Å²) < 4.78 is 15.3. The van der Waals surface area contributed by atoms with Crippen molar-refractivity contribution in [1.82, 2.24) is 10.2 Å². The fourth-order valence-electron chi connectivity index (χ4n) is 2.65. The minimum Gasteiger partial charge on any atom is -0.465 e. The highest BCUT2D eigenvalue weighted by molar-refractivity contribution is 5.90. The van der Waals surface area contributed by atoms with E-state index in [0.717, 1.165) is 5.56 Å². The first-order valence-electron chi connectivity index (χ1n) is 9.27. The maximum absolute atomic E-state index is 12.2. The third kappa shape index (κ3) is 6.99. The Labute approximate surface area is 169 Å². The summed E-state index contributed by atoms with van der Waals surface area (Å²) >= 11 is 0. The number of benzene rings is 1. The third-order valence-corrected chi connectivity index (χ3v) is 4.24. The second-order valence-corrected chi connectivity index (χ2v) is 6.52. The molecular weight excluding hydrogens is 376 g/mol. The van der Waals surface area contributed by atoms with Gasteiger partial charge in [-0.3, -0.25) is 4.79 Å². The predicted molar refractivity (Wildman–Crippen MR) is 105 cm³/mol. The van der Waals surface area contributed by atoms with E-state index in [1.54, 1.807) is 20.0 Å². The van der Waals surface area contributed by atoms with Gasteiger partial charge in [-0.25, -0.2) is 9.59 Å². The maximum atomic E-state index is 12.2. The molecular formula is C21H26N2O6. The Morgan fingerprint density at radius 3 is 2.59 bits per heavy atom. The van der Waals surface area contributed by atoms with Crippen LogP contribution in [0.4, 0.5) is 4.79 Å². The number of carbonyl (C=O) groups is 3. The van der Waals surface area contributed by atoms with Crippen LogP contribution in [-0.2, 0) is 27.4 Å². The number of ether oxygens (including phenoxy) is 2. The molecule has 8 heteroatoms. The van der Waals surface area contributed by atoms with E-state index in [9.17, 15) is 14.4 Å². The fraction of sp³-hybridized carbons (Fsp3) is 0.381. The van der Waals surface area contributed by atoms with Crippen LogP contribution < -0.4 is 5.32 Å². The molecule has 0 radical (unpaired) electrons. The van der Waals surface area contributed by atoms with Gasteiger partial charge in [0.2, 0.25) is 5.91 Å². The quantitative estimate of drug-likeness (QED) is 0.511. The summed E-state index contributed by atoms with van der Waals surface area (Å²) in [6.45, 7) is 2.44. The molecule has 0 saturated carbocycles. The number of carbonyl (C=O) groups excluding carboxylic acids is 3. The van der Waals surface area contributed by atoms with E-state index in [0.29, 0.717) is 30.0 Å². The standard InChI is InChI=1S/C21H26N2O6/c1-15-18(20(25)27-3)12-17(29-15)13-23(2)19(24)10-7-11-22-21(26)28-14-16-8-5-4-6-9-16/h4-6,8-9,12H,7,10-11,13-14H2,1-3H3,(H,22,26). The lowest BCUT2D eigenvalue weighted by Gasteiger charge is -2.15. The molecule has 1 aromatic heterocycles. The lowest BCUT2D eigenvalue weighted by atomic mass is 10.2. The van der Waals surface area contributed by atoms with E-state index in [1.807, 2.05) is 30.3 Å². The number of nitrogens with zero attached hydrogens (tertiary/aromatic N) is 1. The number of amides is 2. The number of hydrogen-bond acceptors (Lipinski definition) is 6. The van der Waals surface area contributed by atoms with Gasteiger partial charge in [0.05, 0.1) is 13.7 Å². The van der Waals surface area contributed by atoms with Crippen LogP contribution in [0.1, 0.15) is 40.3 Å².